The normalized spacial score (nSPS) is 15.6. The predicted octanol–water partition coefficient (Wildman–Crippen LogP) is 3.62. The minimum absolute atomic E-state index is 0.231. The number of anilines is 2. The third-order valence-corrected chi connectivity index (χ3v) is 4.99. The van der Waals surface area contributed by atoms with E-state index in [2.05, 4.69) is 20.7 Å². The number of hydrazone groups is 1. The van der Waals surface area contributed by atoms with Crippen molar-refractivity contribution in [2.24, 2.45) is 5.10 Å². The Morgan fingerprint density at radius 1 is 1.33 bits per heavy atom. The molecule has 1 aromatic carbocycles. The molecule has 1 atom stereocenters. The van der Waals surface area contributed by atoms with E-state index in [1.807, 2.05) is 6.92 Å². The summed E-state index contributed by atoms with van der Waals surface area (Å²) in [5.41, 5.74) is 1.30. The van der Waals surface area contributed by atoms with Crippen molar-refractivity contribution in [1.29, 1.82) is 0 Å². The van der Waals surface area contributed by atoms with Gasteiger partial charge in [0.05, 0.1) is 29.3 Å². The zero-order valence-corrected chi connectivity index (χ0v) is 18.2. The minimum atomic E-state index is -0.758. The SMILES string of the molecule is CCOC1=NN(c2ncccc2Cl)C(C(=O)Nc2c(C)cc(Cl)cc2C(=O)NC)C1. The van der Waals surface area contributed by atoms with Gasteiger partial charge in [0.25, 0.3) is 5.91 Å². The van der Waals surface area contributed by atoms with Gasteiger partial charge >= 0.3 is 0 Å². The fourth-order valence-corrected chi connectivity index (χ4v) is 3.59. The van der Waals surface area contributed by atoms with Crippen LogP contribution in [0.1, 0.15) is 29.3 Å². The fourth-order valence-electron chi connectivity index (χ4n) is 3.11. The molecule has 0 aliphatic carbocycles. The van der Waals surface area contributed by atoms with E-state index in [1.165, 1.54) is 18.1 Å². The zero-order valence-electron chi connectivity index (χ0n) is 16.7. The highest BCUT2D eigenvalue weighted by molar-refractivity contribution is 6.33. The molecule has 0 saturated heterocycles. The smallest absolute Gasteiger partial charge is 0.253 e. The number of rotatable bonds is 5. The van der Waals surface area contributed by atoms with Crippen molar-refractivity contribution < 1.29 is 14.3 Å². The topological polar surface area (TPSA) is 95.9 Å². The number of ether oxygens (including phenoxy) is 1. The molecule has 158 valence electrons. The summed E-state index contributed by atoms with van der Waals surface area (Å²) in [7, 11) is 1.51. The van der Waals surface area contributed by atoms with Crippen molar-refractivity contribution in [2.75, 3.05) is 24.0 Å². The Kier molecular flexibility index (Phi) is 6.79. The van der Waals surface area contributed by atoms with Crippen molar-refractivity contribution in [1.82, 2.24) is 10.3 Å². The number of carbonyl (C=O) groups excluding carboxylic acids is 2. The van der Waals surface area contributed by atoms with Crippen LogP contribution in [0.15, 0.2) is 35.6 Å². The van der Waals surface area contributed by atoms with E-state index < -0.39 is 6.04 Å². The predicted molar refractivity (Wildman–Crippen MR) is 117 cm³/mol. The van der Waals surface area contributed by atoms with Crippen LogP contribution >= 0.6 is 23.2 Å². The summed E-state index contributed by atoms with van der Waals surface area (Å²) in [5.74, 6) is -0.00366. The third kappa shape index (κ3) is 4.49. The van der Waals surface area contributed by atoms with Crippen LogP contribution in [0.25, 0.3) is 0 Å². The van der Waals surface area contributed by atoms with Gasteiger partial charge in [-0.3, -0.25) is 9.59 Å². The molecular formula is C20H21Cl2N5O3. The number of nitrogens with zero attached hydrogens (tertiary/aromatic N) is 3. The Hall–Kier alpha value is -2.84. The van der Waals surface area contributed by atoms with E-state index in [0.29, 0.717) is 39.6 Å². The fraction of sp³-hybridized carbons (Fsp3) is 0.300. The lowest BCUT2D eigenvalue weighted by Crippen LogP contribution is -2.39. The van der Waals surface area contributed by atoms with Gasteiger partial charge in [-0.25, -0.2) is 9.99 Å². The van der Waals surface area contributed by atoms with Gasteiger partial charge in [-0.1, -0.05) is 23.2 Å². The molecule has 0 bridgehead atoms. The third-order valence-electron chi connectivity index (χ3n) is 4.47. The lowest BCUT2D eigenvalue weighted by atomic mass is 10.1. The number of nitrogens with one attached hydrogen (secondary N) is 2. The van der Waals surface area contributed by atoms with Crippen molar-refractivity contribution in [3.8, 4) is 0 Å². The maximum absolute atomic E-state index is 13.2. The second kappa shape index (κ2) is 9.32. The maximum Gasteiger partial charge on any atom is 0.253 e. The van der Waals surface area contributed by atoms with Gasteiger partial charge in [0.15, 0.2) is 5.82 Å². The summed E-state index contributed by atoms with van der Waals surface area (Å²) in [6.07, 6.45) is 1.80. The zero-order chi connectivity index (χ0) is 21.8. The van der Waals surface area contributed by atoms with Gasteiger partial charge in [-0.15, -0.1) is 5.10 Å². The van der Waals surface area contributed by atoms with Gasteiger partial charge in [-0.2, -0.15) is 0 Å². The van der Waals surface area contributed by atoms with E-state index in [-0.39, 0.29) is 23.8 Å². The van der Waals surface area contributed by atoms with Crippen LogP contribution in [-0.4, -0.2) is 42.4 Å². The molecule has 1 unspecified atom stereocenters. The van der Waals surface area contributed by atoms with Gasteiger partial charge in [0.2, 0.25) is 11.8 Å². The van der Waals surface area contributed by atoms with E-state index >= 15 is 0 Å². The summed E-state index contributed by atoms with van der Waals surface area (Å²) in [5, 5.41) is 12.0. The van der Waals surface area contributed by atoms with Crippen LogP contribution in [0.2, 0.25) is 10.0 Å². The largest absolute Gasteiger partial charge is 0.480 e. The number of pyridine rings is 1. The van der Waals surface area contributed by atoms with Crippen molar-refractivity contribution in [3.05, 3.63) is 51.6 Å². The quantitative estimate of drug-likeness (QED) is 0.726. The first-order valence-electron chi connectivity index (χ1n) is 9.28. The van der Waals surface area contributed by atoms with Gasteiger partial charge in [-0.05, 0) is 43.7 Å². The highest BCUT2D eigenvalue weighted by Crippen LogP contribution is 2.31. The number of amides is 2. The van der Waals surface area contributed by atoms with Crippen molar-refractivity contribution in [3.63, 3.8) is 0 Å². The molecule has 30 heavy (non-hydrogen) atoms. The Morgan fingerprint density at radius 2 is 2.10 bits per heavy atom. The molecule has 0 radical (unpaired) electrons. The molecule has 0 fully saturated rings. The summed E-state index contributed by atoms with van der Waals surface area (Å²) in [4.78, 5) is 29.8. The van der Waals surface area contributed by atoms with E-state index in [1.54, 1.807) is 31.3 Å². The molecule has 1 aliphatic heterocycles. The van der Waals surface area contributed by atoms with Gasteiger partial charge in [0.1, 0.15) is 6.04 Å². The number of benzene rings is 1. The van der Waals surface area contributed by atoms with E-state index in [0.717, 1.165) is 0 Å². The Labute approximate surface area is 184 Å². The maximum atomic E-state index is 13.2. The molecular weight excluding hydrogens is 429 g/mol. The Morgan fingerprint density at radius 3 is 2.77 bits per heavy atom. The highest BCUT2D eigenvalue weighted by Gasteiger charge is 2.37. The monoisotopic (exact) mass is 449 g/mol. The molecule has 0 saturated carbocycles. The van der Waals surface area contributed by atoms with Crippen molar-refractivity contribution >= 4 is 52.4 Å². The molecule has 2 N–H and O–H groups in total. The average molecular weight is 450 g/mol. The van der Waals surface area contributed by atoms with Crippen LogP contribution in [-0.2, 0) is 9.53 Å². The molecule has 10 heteroatoms. The first-order chi connectivity index (χ1) is 14.3. The highest BCUT2D eigenvalue weighted by atomic mass is 35.5. The van der Waals surface area contributed by atoms with Crippen molar-refractivity contribution in [2.45, 2.75) is 26.3 Å². The number of aryl methyl sites for hydroxylation is 1. The van der Waals surface area contributed by atoms with Crippen LogP contribution < -0.4 is 15.6 Å². The lowest BCUT2D eigenvalue weighted by molar-refractivity contribution is -0.117. The average Bonchev–Trinajstić information content (AvgIpc) is 3.13. The molecule has 2 aromatic rings. The number of carbonyl (C=O) groups is 2. The Bertz CT molecular complexity index is 1010. The number of hydrogen-bond acceptors (Lipinski definition) is 6. The van der Waals surface area contributed by atoms with Crippen LogP contribution in [0.3, 0.4) is 0 Å². The van der Waals surface area contributed by atoms with Crippen LogP contribution in [0.5, 0.6) is 0 Å². The molecule has 2 heterocycles. The second-order valence-corrected chi connectivity index (χ2v) is 7.36. The molecule has 0 spiro atoms. The molecule has 1 aliphatic rings. The minimum Gasteiger partial charge on any atom is -0.480 e. The van der Waals surface area contributed by atoms with Gasteiger partial charge in [0, 0.05) is 18.3 Å². The number of hydrogen-bond donors (Lipinski definition) is 2. The van der Waals surface area contributed by atoms with Crippen LogP contribution in [0.4, 0.5) is 11.5 Å². The molecule has 3 rings (SSSR count). The number of aromatic nitrogens is 1. The summed E-state index contributed by atoms with van der Waals surface area (Å²) in [6, 6.07) is 5.78. The number of halogens is 2. The molecule has 2 amide bonds. The standard InChI is InChI=1S/C20H21Cl2N5O3/c1-4-30-16-10-15(27(26-16)18-14(22)6-5-7-24-18)20(29)25-17-11(2)8-12(21)9-13(17)19(28)23-3/h5-9,15H,4,10H2,1-3H3,(H,23,28)(H,25,29). The second-order valence-electron chi connectivity index (χ2n) is 6.51. The Balaban J connectivity index is 1.95. The van der Waals surface area contributed by atoms with E-state index in [9.17, 15) is 9.59 Å². The molecule has 1 aromatic heterocycles. The summed E-state index contributed by atoms with van der Waals surface area (Å²) < 4.78 is 5.52. The summed E-state index contributed by atoms with van der Waals surface area (Å²) in [6.45, 7) is 4.01. The summed E-state index contributed by atoms with van der Waals surface area (Å²) >= 11 is 12.4. The molecule has 8 nitrogen and oxygen atoms in total. The van der Waals surface area contributed by atoms with Gasteiger partial charge < -0.3 is 15.4 Å². The van der Waals surface area contributed by atoms with E-state index in [4.69, 9.17) is 27.9 Å². The van der Waals surface area contributed by atoms with Crippen LogP contribution in [0, 0.1) is 6.92 Å². The lowest BCUT2D eigenvalue weighted by Gasteiger charge is -2.23. The first-order valence-corrected chi connectivity index (χ1v) is 10.0. The first kappa shape index (κ1) is 21.9.